The van der Waals surface area contributed by atoms with Crippen LogP contribution >= 0.6 is 0 Å². The second-order valence-corrected chi connectivity index (χ2v) is 3.56. The smallest absolute Gasteiger partial charge is 0.358 e. The first-order valence-corrected chi connectivity index (χ1v) is 4.47. The van der Waals surface area contributed by atoms with Crippen LogP contribution in [0.2, 0.25) is 0 Å². The summed E-state index contributed by atoms with van der Waals surface area (Å²) in [5.74, 6) is -0.107. The fourth-order valence-corrected chi connectivity index (χ4v) is 1.02. The molecule has 5 nitrogen and oxygen atoms in total. The molecular weight excluding hydrogens is 182 g/mol. The average Bonchev–Trinajstić information content (AvgIpc) is 2.42. The quantitative estimate of drug-likeness (QED) is 0.728. The number of anilines is 1. The van der Waals surface area contributed by atoms with Gasteiger partial charge in [0.05, 0.1) is 18.5 Å². The van der Waals surface area contributed by atoms with Gasteiger partial charge in [-0.1, -0.05) is 13.8 Å². The van der Waals surface area contributed by atoms with Crippen LogP contribution in [0.1, 0.15) is 24.3 Å². The molecule has 0 spiro atoms. The van der Waals surface area contributed by atoms with Gasteiger partial charge in [-0.3, -0.25) is 4.68 Å². The Morgan fingerprint density at radius 2 is 2.36 bits per heavy atom. The van der Waals surface area contributed by atoms with Crippen molar-refractivity contribution in [1.82, 2.24) is 9.78 Å². The Morgan fingerprint density at radius 3 is 2.79 bits per heavy atom. The Balaban J connectivity index is 2.70. The van der Waals surface area contributed by atoms with E-state index in [0.717, 1.165) is 0 Å². The van der Waals surface area contributed by atoms with Crippen molar-refractivity contribution < 1.29 is 9.53 Å². The van der Waals surface area contributed by atoms with E-state index in [4.69, 9.17) is 10.5 Å². The summed E-state index contributed by atoms with van der Waals surface area (Å²) in [6.45, 7) is 4.34. The third kappa shape index (κ3) is 2.25. The molecule has 5 heteroatoms. The maximum Gasteiger partial charge on any atom is 0.358 e. The van der Waals surface area contributed by atoms with Crippen LogP contribution in [0.5, 0.6) is 0 Å². The summed E-state index contributed by atoms with van der Waals surface area (Å²) in [6, 6.07) is 0. The Bertz CT molecular complexity index is 311. The van der Waals surface area contributed by atoms with Gasteiger partial charge < -0.3 is 10.5 Å². The lowest BCUT2D eigenvalue weighted by atomic mass is 10.2. The molecule has 0 aliphatic heterocycles. The molecular formula is C9H15N3O2. The minimum atomic E-state index is -0.420. The zero-order valence-electron chi connectivity index (χ0n) is 8.65. The molecule has 78 valence electrons. The predicted octanol–water partition coefficient (Wildman–Crippen LogP) is 0.815. The fourth-order valence-electron chi connectivity index (χ4n) is 1.02. The zero-order valence-corrected chi connectivity index (χ0v) is 8.65. The number of aryl methyl sites for hydroxylation is 1. The van der Waals surface area contributed by atoms with Gasteiger partial charge in [-0.25, -0.2) is 4.79 Å². The van der Waals surface area contributed by atoms with E-state index >= 15 is 0 Å². The molecule has 1 aromatic rings. The molecule has 14 heavy (non-hydrogen) atoms. The number of nitrogens with zero attached hydrogens (tertiary/aromatic N) is 2. The van der Waals surface area contributed by atoms with Gasteiger partial charge in [0.2, 0.25) is 0 Å². The first-order chi connectivity index (χ1) is 6.52. The molecule has 1 rings (SSSR count). The average molecular weight is 197 g/mol. The number of ether oxygens (including phenoxy) is 1. The normalized spacial score (nSPS) is 10.6. The number of carbonyl (C=O) groups excluding carboxylic acids is 1. The van der Waals surface area contributed by atoms with Crippen LogP contribution in [0.25, 0.3) is 0 Å². The van der Waals surface area contributed by atoms with Crippen molar-refractivity contribution >= 4 is 11.7 Å². The molecule has 1 aromatic heterocycles. The lowest BCUT2D eigenvalue weighted by molar-refractivity contribution is 0.0447. The van der Waals surface area contributed by atoms with Crippen LogP contribution in [0.4, 0.5) is 5.69 Å². The van der Waals surface area contributed by atoms with Gasteiger partial charge in [-0.15, -0.1) is 0 Å². The molecule has 0 bridgehead atoms. The minimum absolute atomic E-state index is 0.311. The SMILES string of the molecule is CC(C)COC(=O)c1c(N)cnn1C. The summed E-state index contributed by atoms with van der Waals surface area (Å²) in [5.41, 5.74) is 6.22. The Morgan fingerprint density at radius 1 is 1.71 bits per heavy atom. The van der Waals surface area contributed by atoms with Gasteiger partial charge in [0.15, 0.2) is 5.69 Å². The molecule has 2 N–H and O–H groups in total. The number of nitrogen functional groups attached to an aromatic ring is 1. The standard InChI is InChI=1S/C9H15N3O2/c1-6(2)5-14-9(13)8-7(10)4-11-12(8)3/h4,6H,5,10H2,1-3H3. The van der Waals surface area contributed by atoms with Gasteiger partial charge in [0, 0.05) is 7.05 Å². The molecule has 0 fully saturated rings. The van der Waals surface area contributed by atoms with Crippen molar-refractivity contribution in [2.24, 2.45) is 13.0 Å². The van der Waals surface area contributed by atoms with Crippen molar-refractivity contribution in [3.8, 4) is 0 Å². The van der Waals surface area contributed by atoms with E-state index in [9.17, 15) is 4.79 Å². The molecule has 0 saturated carbocycles. The van der Waals surface area contributed by atoms with Crippen molar-refractivity contribution in [1.29, 1.82) is 0 Å². The second-order valence-electron chi connectivity index (χ2n) is 3.56. The number of aromatic nitrogens is 2. The van der Waals surface area contributed by atoms with Crippen LogP contribution in [0.3, 0.4) is 0 Å². The number of hydrogen-bond acceptors (Lipinski definition) is 4. The first-order valence-electron chi connectivity index (χ1n) is 4.47. The van der Waals surface area contributed by atoms with Crippen molar-refractivity contribution in [3.63, 3.8) is 0 Å². The van der Waals surface area contributed by atoms with E-state index in [-0.39, 0.29) is 0 Å². The third-order valence-electron chi connectivity index (χ3n) is 1.71. The van der Waals surface area contributed by atoms with E-state index < -0.39 is 5.97 Å². The highest BCUT2D eigenvalue weighted by atomic mass is 16.5. The number of rotatable bonds is 3. The summed E-state index contributed by atoms with van der Waals surface area (Å²) < 4.78 is 6.44. The Labute approximate surface area is 82.8 Å². The Kier molecular flexibility index (Phi) is 3.11. The van der Waals surface area contributed by atoms with E-state index in [0.29, 0.717) is 23.9 Å². The monoisotopic (exact) mass is 197 g/mol. The lowest BCUT2D eigenvalue weighted by Gasteiger charge is -2.07. The maximum atomic E-state index is 11.5. The second kappa shape index (κ2) is 4.13. The van der Waals surface area contributed by atoms with E-state index in [2.05, 4.69) is 5.10 Å². The topological polar surface area (TPSA) is 70.1 Å². The van der Waals surface area contributed by atoms with Crippen LogP contribution in [0, 0.1) is 5.92 Å². The van der Waals surface area contributed by atoms with Crippen LogP contribution in [-0.4, -0.2) is 22.4 Å². The molecule has 0 radical (unpaired) electrons. The van der Waals surface area contributed by atoms with Gasteiger partial charge in [-0.2, -0.15) is 5.10 Å². The number of nitrogens with two attached hydrogens (primary N) is 1. The fraction of sp³-hybridized carbons (Fsp3) is 0.556. The number of esters is 1. The van der Waals surface area contributed by atoms with Crippen LogP contribution in [0.15, 0.2) is 6.20 Å². The van der Waals surface area contributed by atoms with Crippen molar-refractivity contribution in [3.05, 3.63) is 11.9 Å². The number of hydrogen-bond donors (Lipinski definition) is 1. The summed E-state index contributed by atoms with van der Waals surface area (Å²) in [5, 5.41) is 3.86. The van der Waals surface area contributed by atoms with Gasteiger partial charge in [-0.05, 0) is 5.92 Å². The number of carbonyl (C=O) groups is 1. The molecule has 0 aliphatic carbocycles. The van der Waals surface area contributed by atoms with E-state index in [1.807, 2.05) is 13.8 Å². The summed E-state index contributed by atoms with van der Waals surface area (Å²) in [6.07, 6.45) is 1.44. The highest BCUT2D eigenvalue weighted by Crippen LogP contribution is 2.11. The Hall–Kier alpha value is -1.52. The van der Waals surface area contributed by atoms with Crippen molar-refractivity contribution in [2.75, 3.05) is 12.3 Å². The molecule has 0 aromatic carbocycles. The molecule has 0 aliphatic rings. The highest BCUT2D eigenvalue weighted by molar-refractivity contribution is 5.92. The summed E-state index contributed by atoms with van der Waals surface area (Å²) >= 11 is 0. The zero-order chi connectivity index (χ0) is 10.7. The molecule has 1 heterocycles. The minimum Gasteiger partial charge on any atom is -0.461 e. The maximum absolute atomic E-state index is 11.5. The van der Waals surface area contributed by atoms with Crippen molar-refractivity contribution in [2.45, 2.75) is 13.8 Å². The largest absolute Gasteiger partial charge is 0.461 e. The summed E-state index contributed by atoms with van der Waals surface area (Å²) in [4.78, 5) is 11.5. The van der Waals surface area contributed by atoms with Crippen LogP contribution in [-0.2, 0) is 11.8 Å². The predicted molar refractivity (Wildman–Crippen MR) is 52.7 cm³/mol. The van der Waals surface area contributed by atoms with Gasteiger partial charge in [0.25, 0.3) is 0 Å². The highest BCUT2D eigenvalue weighted by Gasteiger charge is 2.16. The van der Waals surface area contributed by atoms with Gasteiger partial charge in [0.1, 0.15) is 0 Å². The third-order valence-corrected chi connectivity index (χ3v) is 1.71. The lowest BCUT2D eigenvalue weighted by Crippen LogP contribution is -2.15. The molecule has 0 amide bonds. The first kappa shape index (κ1) is 10.6. The van der Waals surface area contributed by atoms with E-state index in [1.54, 1.807) is 7.05 Å². The van der Waals surface area contributed by atoms with Gasteiger partial charge >= 0.3 is 5.97 Å². The summed E-state index contributed by atoms with van der Waals surface area (Å²) in [7, 11) is 1.66. The van der Waals surface area contributed by atoms with E-state index in [1.165, 1.54) is 10.9 Å². The van der Waals surface area contributed by atoms with Crippen LogP contribution < -0.4 is 5.73 Å². The molecule has 0 atom stereocenters. The molecule has 0 unspecified atom stereocenters. The molecule has 0 saturated heterocycles.